The minimum atomic E-state index is -4.07. The maximum atomic E-state index is 12.5. The predicted octanol–water partition coefficient (Wildman–Crippen LogP) is 2.79. The molecule has 2 fully saturated rings. The predicted molar refractivity (Wildman–Crippen MR) is 65.4 cm³/mol. The Balaban J connectivity index is 2.00. The standard InChI is InChI=1S/C13H23F3N2/c1-9(6-13(14,15)16)18-8-12(3,11-4-5-11)17-7-10(18)2/h9-11,17H,4-8H2,1-3H3. The molecule has 3 unspecified atom stereocenters. The van der Waals surface area contributed by atoms with Gasteiger partial charge >= 0.3 is 6.18 Å². The van der Waals surface area contributed by atoms with Crippen molar-refractivity contribution in [2.75, 3.05) is 13.1 Å². The summed E-state index contributed by atoms with van der Waals surface area (Å²) in [6, 6.07) is -0.255. The third-order valence-electron chi connectivity index (χ3n) is 4.45. The van der Waals surface area contributed by atoms with E-state index in [1.54, 1.807) is 6.92 Å². The van der Waals surface area contributed by atoms with Crippen molar-refractivity contribution in [2.45, 2.75) is 63.8 Å². The van der Waals surface area contributed by atoms with E-state index in [0.29, 0.717) is 5.92 Å². The quantitative estimate of drug-likeness (QED) is 0.843. The van der Waals surface area contributed by atoms with Gasteiger partial charge in [0.2, 0.25) is 0 Å². The summed E-state index contributed by atoms with van der Waals surface area (Å²) in [6.07, 6.45) is -2.36. The lowest BCUT2D eigenvalue weighted by atomic mass is 9.90. The van der Waals surface area contributed by atoms with Crippen LogP contribution in [0.3, 0.4) is 0 Å². The summed E-state index contributed by atoms with van der Waals surface area (Å²) in [5, 5.41) is 3.53. The number of hydrogen-bond donors (Lipinski definition) is 1. The fraction of sp³-hybridized carbons (Fsp3) is 1.00. The summed E-state index contributed by atoms with van der Waals surface area (Å²) >= 11 is 0. The van der Waals surface area contributed by atoms with Crippen LogP contribution in [0, 0.1) is 5.92 Å². The molecule has 0 amide bonds. The van der Waals surface area contributed by atoms with Gasteiger partial charge in [0.25, 0.3) is 0 Å². The van der Waals surface area contributed by atoms with E-state index >= 15 is 0 Å². The number of hydrogen-bond acceptors (Lipinski definition) is 2. The van der Waals surface area contributed by atoms with Crippen molar-refractivity contribution in [3.8, 4) is 0 Å². The van der Waals surface area contributed by atoms with Gasteiger partial charge in [0, 0.05) is 30.7 Å². The third-order valence-corrected chi connectivity index (χ3v) is 4.45. The summed E-state index contributed by atoms with van der Waals surface area (Å²) in [4.78, 5) is 2.03. The molecule has 2 nitrogen and oxygen atoms in total. The number of alkyl halides is 3. The monoisotopic (exact) mass is 264 g/mol. The second-order valence-electron chi connectivity index (χ2n) is 6.26. The van der Waals surface area contributed by atoms with Crippen molar-refractivity contribution >= 4 is 0 Å². The Morgan fingerprint density at radius 2 is 2.00 bits per heavy atom. The van der Waals surface area contributed by atoms with Gasteiger partial charge in [-0.25, -0.2) is 0 Å². The van der Waals surface area contributed by atoms with E-state index in [-0.39, 0.29) is 11.6 Å². The molecule has 3 atom stereocenters. The smallest absolute Gasteiger partial charge is 0.308 e. The van der Waals surface area contributed by atoms with Crippen molar-refractivity contribution in [2.24, 2.45) is 5.92 Å². The maximum absolute atomic E-state index is 12.5. The van der Waals surface area contributed by atoms with E-state index in [1.807, 2.05) is 11.8 Å². The van der Waals surface area contributed by atoms with Crippen LogP contribution in [0.15, 0.2) is 0 Å². The maximum Gasteiger partial charge on any atom is 0.390 e. The molecular formula is C13H23F3N2. The molecule has 0 bridgehead atoms. The largest absolute Gasteiger partial charge is 0.390 e. The second kappa shape index (κ2) is 4.67. The van der Waals surface area contributed by atoms with E-state index in [0.717, 1.165) is 13.1 Å². The molecule has 1 heterocycles. The second-order valence-corrected chi connectivity index (χ2v) is 6.26. The van der Waals surface area contributed by atoms with Crippen LogP contribution in [0.25, 0.3) is 0 Å². The first-order valence-electron chi connectivity index (χ1n) is 6.79. The lowest BCUT2D eigenvalue weighted by Gasteiger charge is -2.48. The molecule has 0 radical (unpaired) electrons. The topological polar surface area (TPSA) is 15.3 Å². The molecule has 2 rings (SSSR count). The number of piperazine rings is 1. The lowest BCUT2D eigenvalue weighted by molar-refractivity contribution is -0.150. The molecule has 1 aliphatic carbocycles. The Kier molecular flexibility index (Phi) is 3.67. The minimum absolute atomic E-state index is 0.00632. The van der Waals surface area contributed by atoms with E-state index in [4.69, 9.17) is 0 Å². The van der Waals surface area contributed by atoms with Crippen molar-refractivity contribution in [3.05, 3.63) is 0 Å². The Morgan fingerprint density at radius 1 is 1.39 bits per heavy atom. The Morgan fingerprint density at radius 3 is 2.50 bits per heavy atom. The number of nitrogens with zero attached hydrogens (tertiary/aromatic N) is 1. The Hall–Kier alpha value is -0.290. The fourth-order valence-electron chi connectivity index (χ4n) is 3.13. The first kappa shape index (κ1) is 14.1. The zero-order chi connectivity index (χ0) is 13.6. The van der Waals surface area contributed by atoms with Crippen LogP contribution in [-0.4, -0.2) is 41.8 Å². The molecule has 2 aliphatic rings. The van der Waals surface area contributed by atoms with Gasteiger partial charge in [-0.1, -0.05) is 0 Å². The van der Waals surface area contributed by atoms with Crippen LogP contribution in [0.4, 0.5) is 13.2 Å². The molecule has 5 heteroatoms. The zero-order valence-corrected chi connectivity index (χ0v) is 11.3. The molecule has 1 saturated carbocycles. The van der Waals surface area contributed by atoms with Crippen molar-refractivity contribution in [3.63, 3.8) is 0 Å². The molecule has 0 aromatic rings. The first-order valence-corrected chi connectivity index (χ1v) is 6.79. The van der Waals surface area contributed by atoms with E-state index in [9.17, 15) is 13.2 Å². The first-order chi connectivity index (χ1) is 8.21. The molecule has 1 N–H and O–H groups in total. The van der Waals surface area contributed by atoms with Crippen LogP contribution in [0.2, 0.25) is 0 Å². The molecular weight excluding hydrogens is 241 g/mol. The third kappa shape index (κ3) is 3.18. The summed E-state index contributed by atoms with van der Waals surface area (Å²) < 4.78 is 37.5. The lowest BCUT2D eigenvalue weighted by Crippen LogP contribution is -2.65. The molecule has 1 aliphatic heterocycles. The van der Waals surface area contributed by atoms with E-state index in [1.165, 1.54) is 12.8 Å². The highest BCUT2D eigenvalue weighted by Crippen LogP contribution is 2.42. The van der Waals surface area contributed by atoms with Crippen LogP contribution in [0.5, 0.6) is 0 Å². The SMILES string of the molecule is CC1CNC(C)(C2CC2)CN1C(C)CC(F)(F)F. The number of halogens is 3. The van der Waals surface area contributed by atoms with Crippen LogP contribution in [0.1, 0.15) is 40.0 Å². The molecule has 1 saturated heterocycles. The van der Waals surface area contributed by atoms with Crippen LogP contribution < -0.4 is 5.32 Å². The molecule has 0 aromatic carbocycles. The van der Waals surface area contributed by atoms with E-state index in [2.05, 4.69) is 12.2 Å². The summed E-state index contributed by atoms with van der Waals surface area (Å²) in [7, 11) is 0. The Labute approximate surface area is 107 Å². The van der Waals surface area contributed by atoms with Gasteiger partial charge < -0.3 is 5.32 Å². The van der Waals surface area contributed by atoms with Crippen molar-refractivity contribution < 1.29 is 13.2 Å². The number of rotatable bonds is 3. The van der Waals surface area contributed by atoms with Crippen molar-refractivity contribution in [1.82, 2.24) is 10.2 Å². The van der Waals surface area contributed by atoms with E-state index < -0.39 is 18.6 Å². The molecule has 18 heavy (non-hydrogen) atoms. The van der Waals surface area contributed by atoms with Crippen LogP contribution in [-0.2, 0) is 0 Å². The van der Waals surface area contributed by atoms with Gasteiger partial charge in [0.05, 0.1) is 6.42 Å². The van der Waals surface area contributed by atoms with Crippen LogP contribution >= 0.6 is 0 Å². The fourth-order valence-corrected chi connectivity index (χ4v) is 3.13. The Bertz CT molecular complexity index is 301. The summed E-state index contributed by atoms with van der Waals surface area (Å²) in [5.41, 5.74) is 0.00632. The highest BCUT2D eigenvalue weighted by atomic mass is 19.4. The van der Waals surface area contributed by atoms with Crippen molar-refractivity contribution in [1.29, 1.82) is 0 Å². The summed E-state index contributed by atoms with van der Waals surface area (Å²) in [6.45, 7) is 7.38. The zero-order valence-electron chi connectivity index (χ0n) is 11.3. The summed E-state index contributed by atoms with van der Waals surface area (Å²) in [5.74, 6) is 0.644. The van der Waals surface area contributed by atoms with Gasteiger partial charge in [-0.15, -0.1) is 0 Å². The van der Waals surface area contributed by atoms with Gasteiger partial charge in [0.15, 0.2) is 0 Å². The van der Waals surface area contributed by atoms with Gasteiger partial charge in [0.1, 0.15) is 0 Å². The highest BCUT2D eigenvalue weighted by molar-refractivity contribution is 5.04. The van der Waals surface area contributed by atoms with Gasteiger partial charge in [-0.2, -0.15) is 13.2 Å². The van der Waals surface area contributed by atoms with Gasteiger partial charge in [-0.05, 0) is 39.5 Å². The minimum Gasteiger partial charge on any atom is -0.308 e. The molecule has 0 aromatic heterocycles. The highest BCUT2D eigenvalue weighted by Gasteiger charge is 2.47. The average molecular weight is 264 g/mol. The molecule has 0 spiro atoms. The number of nitrogens with one attached hydrogen (secondary N) is 1. The molecule has 106 valence electrons. The van der Waals surface area contributed by atoms with Gasteiger partial charge in [-0.3, -0.25) is 4.90 Å². The average Bonchev–Trinajstić information content (AvgIpc) is 3.03. The normalized spacial score (nSPS) is 36.7.